The highest BCUT2D eigenvalue weighted by Gasteiger charge is 2.16. The monoisotopic (exact) mass is 383 g/mol. The summed E-state index contributed by atoms with van der Waals surface area (Å²) in [5.41, 5.74) is 1.48. The first-order valence-corrected chi connectivity index (χ1v) is 8.98. The van der Waals surface area contributed by atoms with Crippen molar-refractivity contribution in [3.05, 3.63) is 75.4 Å². The average Bonchev–Trinajstić information content (AvgIpc) is 3.33. The fourth-order valence-electron chi connectivity index (χ4n) is 2.35. The van der Waals surface area contributed by atoms with E-state index in [2.05, 4.69) is 5.32 Å². The molecule has 0 aliphatic rings. The van der Waals surface area contributed by atoms with Gasteiger partial charge in [0.25, 0.3) is 5.91 Å². The molecule has 0 radical (unpaired) electrons. The minimum Gasteiger partial charge on any atom is -0.459 e. The summed E-state index contributed by atoms with van der Waals surface area (Å²) in [4.78, 5) is 38.0. The predicted molar refractivity (Wildman–Crippen MR) is 102 cm³/mol. The Kier molecular flexibility index (Phi) is 5.52. The highest BCUT2D eigenvalue weighted by Crippen LogP contribution is 2.20. The minimum atomic E-state index is -0.634. The molecule has 27 heavy (non-hydrogen) atoms. The molecule has 2 heterocycles. The Morgan fingerprint density at radius 1 is 1.11 bits per heavy atom. The number of hydrogen-bond donors (Lipinski definition) is 1. The van der Waals surface area contributed by atoms with Crippen LogP contribution in [0.5, 0.6) is 0 Å². The van der Waals surface area contributed by atoms with Gasteiger partial charge in [-0.05, 0) is 55.8 Å². The summed E-state index contributed by atoms with van der Waals surface area (Å²) in [6.45, 7) is 3.37. The van der Waals surface area contributed by atoms with Gasteiger partial charge in [-0.3, -0.25) is 9.59 Å². The number of furan rings is 1. The smallest absolute Gasteiger partial charge is 0.338 e. The van der Waals surface area contributed by atoms with Gasteiger partial charge in [0.15, 0.2) is 12.4 Å². The largest absolute Gasteiger partial charge is 0.459 e. The highest BCUT2D eigenvalue weighted by atomic mass is 32.1. The Bertz CT molecular complexity index is 988. The van der Waals surface area contributed by atoms with E-state index in [0.717, 1.165) is 10.4 Å². The predicted octanol–water partition coefficient (Wildman–Crippen LogP) is 4.25. The maximum atomic E-state index is 12.3. The summed E-state index contributed by atoms with van der Waals surface area (Å²) in [6, 6.07) is 11.5. The third kappa shape index (κ3) is 4.51. The number of amides is 1. The van der Waals surface area contributed by atoms with E-state index in [1.807, 2.05) is 13.0 Å². The van der Waals surface area contributed by atoms with Gasteiger partial charge in [-0.1, -0.05) is 6.07 Å². The second-order valence-electron chi connectivity index (χ2n) is 5.87. The quantitative estimate of drug-likeness (QED) is 0.508. The number of hydrogen-bond acceptors (Lipinski definition) is 6. The van der Waals surface area contributed by atoms with Crippen molar-refractivity contribution < 1.29 is 23.5 Å². The van der Waals surface area contributed by atoms with Crippen LogP contribution in [0.25, 0.3) is 0 Å². The summed E-state index contributed by atoms with van der Waals surface area (Å²) in [5, 5.41) is 2.70. The summed E-state index contributed by atoms with van der Waals surface area (Å²) in [7, 11) is 0. The van der Waals surface area contributed by atoms with E-state index in [-0.39, 0.29) is 23.7 Å². The Morgan fingerprint density at radius 2 is 1.93 bits per heavy atom. The SMILES string of the molecule is Cc1ccc(C(=O)COC(=O)c2ccc(C)c(NC(=O)c3ccco3)c2)s1. The van der Waals surface area contributed by atoms with Crippen molar-refractivity contribution in [3.63, 3.8) is 0 Å². The number of thiophene rings is 1. The molecule has 0 aliphatic heterocycles. The standard InChI is InChI=1S/C20H17NO5S/c1-12-5-7-14(10-15(12)21-19(23)17-4-3-9-25-17)20(24)26-11-16(22)18-8-6-13(2)27-18/h3-10H,11H2,1-2H3,(H,21,23). The molecule has 6 nitrogen and oxygen atoms in total. The van der Waals surface area contributed by atoms with Crippen molar-refractivity contribution in [2.24, 2.45) is 0 Å². The van der Waals surface area contributed by atoms with Crippen LogP contribution >= 0.6 is 11.3 Å². The zero-order valence-corrected chi connectivity index (χ0v) is 15.6. The van der Waals surface area contributed by atoms with Crippen LogP contribution in [0.4, 0.5) is 5.69 Å². The van der Waals surface area contributed by atoms with Crippen LogP contribution in [-0.4, -0.2) is 24.3 Å². The van der Waals surface area contributed by atoms with Crippen LogP contribution in [0.3, 0.4) is 0 Å². The molecule has 0 spiro atoms. The lowest BCUT2D eigenvalue weighted by atomic mass is 10.1. The number of benzene rings is 1. The normalized spacial score (nSPS) is 10.4. The molecule has 0 atom stereocenters. The molecular weight excluding hydrogens is 366 g/mol. The molecule has 0 fully saturated rings. The van der Waals surface area contributed by atoms with Gasteiger partial charge in [0, 0.05) is 10.6 Å². The molecule has 7 heteroatoms. The maximum Gasteiger partial charge on any atom is 0.338 e. The van der Waals surface area contributed by atoms with Crippen molar-refractivity contribution in [3.8, 4) is 0 Å². The number of rotatable bonds is 6. The van der Waals surface area contributed by atoms with Crippen molar-refractivity contribution in [2.75, 3.05) is 11.9 Å². The second-order valence-corrected chi connectivity index (χ2v) is 7.16. The van der Waals surface area contributed by atoms with Crippen molar-refractivity contribution in [1.29, 1.82) is 0 Å². The Labute approximate surface area is 159 Å². The second kappa shape index (κ2) is 8.01. The fraction of sp³-hybridized carbons (Fsp3) is 0.150. The third-order valence-corrected chi connectivity index (χ3v) is 4.86. The number of Topliss-reactive ketones (excluding diaryl/α,β-unsaturated/α-hetero) is 1. The lowest BCUT2D eigenvalue weighted by Gasteiger charge is -2.10. The molecule has 0 bridgehead atoms. The zero-order chi connectivity index (χ0) is 19.4. The van der Waals surface area contributed by atoms with Gasteiger partial charge in [-0.25, -0.2) is 4.79 Å². The summed E-state index contributed by atoms with van der Waals surface area (Å²) >= 11 is 1.36. The lowest BCUT2D eigenvalue weighted by Crippen LogP contribution is -2.15. The van der Waals surface area contributed by atoms with Gasteiger partial charge in [0.05, 0.1) is 16.7 Å². The third-order valence-electron chi connectivity index (χ3n) is 3.82. The van der Waals surface area contributed by atoms with Gasteiger partial charge >= 0.3 is 5.97 Å². The summed E-state index contributed by atoms with van der Waals surface area (Å²) in [5.74, 6) is -1.14. The van der Waals surface area contributed by atoms with Crippen LogP contribution in [-0.2, 0) is 4.74 Å². The number of nitrogens with one attached hydrogen (secondary N) is 1. The molecule has 138 valence electrons. The number of ketones is 1. The van der Waals surface area contributed by atoms with Crippen LogP contribution in [0.15, 0.2) is 53.1 Å². The number of ether oxygens (including phenoxy) is 1. The van der Waals surface area contributed by atoms with Gasteiger partial charge in [0.1, 0.15) is 0 Å². The van der Waals surface area contributed by atoms with E-state index in [4.69, 9.17) is 9.15 Å². The highest BCUT2D eigenvalue weighted by molar-refractivity contribution is 7.14. The Morgan fingerprint density at radius 3 is 2.59 bits per heavy atom. The van der Waals surface area contributed by atoms with E-state index in [9.17, 15) is 14.4 Å². The van der Waals surface area contributed by atoms with Gasteiger partial charge in [-0.2, -0.15) is 0 Å². The molecule has 1 aromatic carbocycles. The van der Waals surface area contributed by atoms with Crippen LogP contribution in [0.2, 0.25) is 0 Å². The molecule has 3 aromatic rings. The molecule has 1 amide bonds. The van der Waals surface area contributed by atoms with Crippen LogP contribution in [0, 0.1) is 13.8 Å². The molecular formula is C20H17NO5S. The number of esters is 1. The van der Waals surface area contributed by atoms with E-state index in [0.29, 0.717) is 10.6 Å². The number of carbonyl (C=O) groups is 3. The number of aryl methyl sites for hydroxylation is 2. The first-order chi connectivity index (χ1) is 12.9. The zero-order valence-electron chi connectivity index (χ0n) is 14.8. The number of carbonyl (C=O) groups excluding carboxylic acids is 3. The van der Waals surface area contributed by atoms with Gasteiger partial charge < -0.3 is 14.5 Å². The van der Waals surface area contributed by atoms with E-state index in [1.54, 1.807) is 37.3 Å². The molecule has 0 unspecified atom stereocenters. The Balaban J connectivity index is 1.66. The van der Waals surface area contributed by atoms with Gasteiger partial charge in [-0.15, -0.1) is 11.3 Å². The molecule has 0 aliphatic carbocycles. The van der Waals surface area contributed by atoms with Gasteiger partial charge in [0.2, 0.25) is 5.78 Å². The first kappa shape index (κ1) is 18.6. The molecule has 2 aromatic heterocycles. The fourth-order valence-corrected chi connectivity index (χ4v) is 3.14. The average molecular weight is 383 g/mol. The molecule has 3 rings (SSSR count). The van der Waals surface area contributed by atoms with Crippen molar-refractivity contribution >= 4 is 34.7 Å². The number of anilines is 1. The lowest BCUT2D eigenvalue weighted by molar-refractivity contribution is 0.0476. The van der Waals surface area contributed by atoms with Crippen molar-refractivity contribution in [1.82, 2.24) is 0 Å². The molecule has 0 saturated carbocycles. The molecule has 1 N–H and O–H groups in total. The molecule has 0 saturated heterocycles. The maximum absolute atomic E-state index is 12.3. The van der Waals surface area contributed by atoms with Crippen molar-refractivity contribution in [2.45, 2.75) is 13.8 Å². The Hall–Kier alpha value is -3.19. The van der Waals surface area contributed by atoms with E-state index < -0.39 is 11.9 Å². The van der Waals surface area contributed by atoms with E-state index >= 15 is 0 Å². The van der Waals surface area contributed by atoms with E-state index in [1.165, 1.54) is 23.7 Å². The topological polar surface area (TPSA) is 85.6 Å². The summed E-state index contributed by atoms with van der Waals surface area (Å²) in [6.07, 6.45) is 1.40. The summed E-state index contributed by atoms with van der Waals surface area (Å²) < 4.78 is 10.2. The minimum absolute atomic E-state index is 0.166. The van der Waals surface area contributed by atoms with Crippen LogP contribution < -0.4 is 5.32 Å². The van der Waals surface area contributed by atoms with Crippen LogP contribution in [0.1, 0.15) is 41.0 Å². The first-order valence-electron chi connectivity index (χ1n) is 8.16.